The molecular weight excluding hydrogens is 442 g/mol. The molecule has 0 spiro atoms. The largest absolute Gasteiger partial charge is 0.353 e. The SMILES string of the molecule is Cn1c(NC2CCN(CCCC(c3ccc(F)cc3)c3ccc(F)cc3)CC2)nc2ccccc21. The van der Waals surface area contributed by atoms with Gasteiger partial charge < -0.3 is 14.8 Å². The number of piperidine rings is 1. The van der Waals surface area contributed by atoms with Gasteiger partial charge in [0.15, 0.2) is 0 Å². The summed E-state index contributed by atoms with van der Waals surface area (Å²) in [5.41, 5.74) is 4.31. The van der Waals surface area contributed by atoms with Crippen LogP contribution >= 0.6 is 0 Å². The molecular formula is C29H32F2N4. The molecule has 3 aromatic carbocycles. The first-order chi connectivity index (χ1) is 17.1. The number of hydrogen-bond donors (Lipinski definition) is 1. The van der Waals surface area contributed by atoms with E-state index in [9.17, 15) is 8.78 Å². The predicted octanol–water partition coefficient (Wildman–Crippen LogP) is 6.34. The number of benzene rings is 3. The van der Waals surface area contributed by atoms with Gasteiger partial charge in [-0.3, -0.25) is 0 Å². The summed E-state index contributed by atoms with van der Waals surface area (Å²) in [6, 6.07) is 22.1. The molecule has 1 saturated heterocycles. The number of fused-ring (bicyclic) bond motifs is 1. The highest BCUT2D eigenvalue weighted by atomic mass is 19.1. The second-order valence-corrected chi connectivity index (χ2v) is 9.54. The number of hydrogen-bond acceptors (Lipinski definition) is 3. The molecule has 0 saturated carbocycles. The van der Waals surface area contributed by atoms with E-state index in [1.807, 2.05) is 42.5 Å². The van der Waals surface area contributed by atoms with Crippen molar-refractivity contribution in [2.24, 2.45) is 7.05 Å². The van der Waals surface area contributed by atoms with Crippen molar-refractivity contribution < 1.29 is 8.78 Å². The number of aromatic nitrogens is 2. The van der Waals surface area contributed by atoms with Gasteiger partial charge in [0.1, 0.15) is 11.6 Å². The Bertz CT molecular complexity index is 1200. The van der Waals surface area contributed by atoms with Crippen molar-refractivity contribution in [2.75, 3.05) is 25.0 Å². The predicted molar refractivity (Wildman–Crippen MR) is 138 cm³/mol. The number of halogens is 2. The number of nitrogens with zero attached hydrogens (tertiary/aromatic N) is 3. The van der Waals surface area contributed by atoms with E-state index in [0.29, 0.717) is 6.04 Å². The van der Waals surface area contributed by atoms with Gasteiger partial charge in [0, 0.05) is 32.1 Å². The lowest BCUT2D eigenvalue weighted by Crippen LogP contribution is -2.40. The van der Waals surface area contributed by atoms with Crippen LogP contribution in [0.5, 0.6) is 0 Å². The van der Waals surface area contributed by atoms with Gasteiger partial charge in [0.25, 0.3) is 0 Å². The maximum atomic E-state index is 13.5. The first-order valence-corrected chi connectivity index (χ1v) is 12.5. The third-order valence-electron chi connectivity index (χ3n) is 7.22. The molecule has 1 aliphatic heterocycles. The first-order valence-electron chi connectivity index (χ1n) is 12.5. The summed E-state index contributed by atoms with van der Waals surface area (Å²) >= 11 is 0. The van der Waals surface area contributed by atoms with Crippen LogP contribution in [0.2, 0.25) is 0 Å². The second-order valence-electron chi connectivity index (χ2n) is 9.54. The molecule has 0 bridgehead atoms. The average Bonchev–Trinajstić information content (AvgIpc) is 3.19. The number of imidazole rings is 1. The van der Waals surface area contributed by atoms with Crippen LogP contribution in [-0.4, -0.2) is 40.1 Å². The Balaban J connectivity index is 1.15. The number of likely N-dealkylation sites (tertiary alicyclic amines) is 1. The minimum atomic E-state index is -0.235. The van der Waals surface area contributed by atoms with Gasteiger partial charge in [-0.15, -0.1) is 0 Å². The Morgan fingerprint density at radius 2 is 1.49 bits per heavy atom. The number of para-hydroxylation sites is 2. The van der Waals surface area contributed by atoms with E-state index < -0.39 is 0 Å². The number of nitrogens with one attached hydrogen (secondary N) is 1. The quantitative estimate of drug-likeness (QED) is 0.323. The molecule has 1 fully saturated rings. The summed E-state index contributed by atoms with van der Waals surface area (Å²) in [5.74, 6) is 0.600. The van der Waals surface area contributed by atoms with Crippen LogP contribution in [0.3, 0.4) is 0 Å². The highest BCUT2D eigenvalue weighted by Gasteiger charge is 2.21. The zero-order chi connectivity index (χ0) is 24.2. The molecule has 0 unspecified atom stereocenters. The zero-order valence-corrected chi connectivity index (χ0v) is 20.1. The summed E-state index contributed by atoms with van der Waals surface area (Å²) in [5, 5.41) is 3.65. The van der Waals surface area contributed by atoms with Crippen LogP contribution in [0.25, 0.3) is 11.0 Å². The van der Waals surface area contributed by atoms with Gasteiger partial charge in [0.05, 0.1) is 11.0 Å². The Labute approximate surface area is 205 Å². The molecule has 1 aliphatic rings. The van der Waals surface area contributed by atoms with Crippen LogP contribution in [0, 0.1) is 11.6 Å². The van der Waals surface area contributed by atoms with Crippen LogP contribution in [0.4, 0.5) is 14.7 Å². The fourth-order valence-corrected chi connectivity index (χ4v) is 5.19. The number of anilines is 1. The standard InChI is InChI=1S/C29H32F2N4/c1-34-28-7-3-2-6-27(28)33-29(34)32-25-16-19-35(20-17-25)18-4-5-26(21-8-12-23(30)13-9-21)22-10-14-24(31)15-11-22/h2-3,6-15,25-26H,4-5,16-20H2,1H3,(H,32,33). The normalized spacial score (nSPS) is 15.2. The minimum absolute atomic E-state index is 0.132. The molecule has 4 aromatic rings. The smallest absolute Gasteiger partial charge is 0.203 e. The fraction of sp³-hybridized carbons (Fsp3) is 0.345. The van der Waals surface area contributed by atoms with E-state index in [0.717, 1.165) is 73.4 Å². The van der Waals surface area contributed by atoms with Gasteiger partial charge in [-0.25, -0.2) is 13.8 Å². The molecule has 0 radical (unpaired) electrons. The third kappa shape index (κ3) is 5.54. The Morgan fingerprint density at radius 1 is 0.886 bits per heavy atom. The topological polar surface area (TPSA) is 33.1 Å². The zero-order valence-electron chi connectivity index (χ0n) is 20.1. The summed E-state index contributed by atoms with van der Waals surface area (Å²) in [6.07, 6.45) is 4.14. The van der Waals surface area contributed by atoms with Crippen molar-refractivity contribution in [3.05, 3.63) is 95.6 Å². The summed E-state index contributed by atoms with van der Waals surface area (Å²) in [7, 11) is 2.06. The molecule has 1 aromatic heterocycles. The first kappa shape index (κ1) is 23.5. The van der Waals surface area contributed by atoms with Gasteiger partial charge in [0.2, 0.25) is 5.95 Å². The van der Waals surface area contributed by atoms with Gasteiger partial charge in [-0.1, -0.05) is 36.4 Å². The molecule has 5 rings (SSSR count). The molecule has 1 N–H and O–H groups in total. The Kier molecular flexibility index (Phi) is 7.09. The molecule has 0 aliphatic carbocycles. The van der Waals surface area contributed by atoms with Gasteiger partial charge in [-0.05, 0) is 79.8 Å². The lowest BCUT2D eigenvalue weighted by atomic mass is 9.87. The third-order valence-corrected chi connectivity index (χ3v) is 7.22. The van der Waals surface area contributed by atoms with Crippen molar-refractivity contribution >= 4 is 17.0 Å². The molecule has 4 nitrogen and oxygen atoms in total. The molecule has 182 valence electrons. The fourth-order valence-electron chi connectivity index (χ4n) is 5.19. The highest BCUT2D eigenvalue weighted by Crippen LogP contribution is 2.30. The van der Waals surface area contributed by atoms with E-state index in [2.05, 4.69) is 27.9 Å². The number of rotatable bonds is 8. The van der Waals surface area contributed by atoms with Crippen LogP contribution in [0.15, 0.2) is 72.8 Å². The van der Waals surface area contributed by atoms with Crippen LogP contribution < -0.4 is 5.32 Å². The lowest BCUT2D eigenvalue weighted by molar-refractivity contribution is 0.214. The maximum Gasteiger partial charge on any atom is 0.203 e. The lowest BCUT2D eigenvalue weighted by Gasteiger charge is -2.33. The summed E-state index contributed by atoms with van der Waals surface area (Å²) in [4.78, 5) is 7.28. The van der Waals surface area contributed by atoms with Crippen molar-refractivity contribution in [1.82, 2.24) is 14.5 Å². The second kappa shape index (κ2) is 10.6. The Morgan fingerprint density at radius 3 is 2.09 bits per heavy atom. The van der Waals surface area contributed by atoms with Gasteiger partial charge in [-0.2, -0.15) is 0 Å². The minimum Gasteiger partial charge on any atom is -0.353 e. The Hall–Kier alpha value is -3.25. The van der Waals surface area contributed by atoms with Crippen molar-refractivity contribution in [3.8, 4) is 0 Å². The number of aryl methyl sites for hydroxylation is 1. The molecule has 0 atom stereocenters. The summed E-state index contributed by atoms with van der Waals surface area (Å²) in [6.45, 7) is 3.14. The maximum absolute atomic E-state index is 13.5. The van der Waals surface area contributed by atoms with Crippen LogP contribution in [0.1, 0.15) is 42.7 Å². The van der Waals surface area contributed by atoms with Crippen molar-refractivity contribution in [3.63, 3.8) is 0 Å². The van der Waals surface area contributed by atoms with Crippen molar-refractivity contribution in [1.29, 1.82) is 0 Å². The van der Waals surface area contributed by atoms with E-state index in [-0.39, 0.29) is 17.6 Å². The van der Waals surface area contributed by atoms with E-state index in [1.54, 1.807) is 0 Å². The molecule has 6 heteroatoms. The molecule has 2 heterocycles. The molecule has 35 heavy (non-hydrogen) atoms. The van der Waals surface area contributed by atoms with E-state index in [4.69, 9.17) is 4.98 Å². The highest BCUT2D eigenvalue weighted by molar-refractivity contribution is 5.78. The van der Waals surface area contributed by atoms with Crippen molar-refractivity contribution in [2.45, 2.75) is 37.6 Å². The summed E-state index contributed by atoms with van der Waals surface area (Å²) < 4.78 is 29.1. The monoisotopic (exact) mass is 474 g/mol. The molecule has 0 amide bonds. The van der Waals surface area contributed by atoms with Crippen LogP contribution in [-0.2, 0) is 7.05 Å². The average molecular weight is 475 g/mol. The van der Waals surface area contributed by atoms with Gasteiger partial charge >= 0.3 is 0 Å². The van der Waals surface area contributed by atoms with E-state index in [1.165, 1.54) is 24.3 Å². The van der Waals surface area contributed by atoms with E-state index >= 15 is 0 Å².